The summed E-state index contributed by atoms with van der Waals surface area (Å²) in [4.78, 5) is 7.40. The smallest absolute Gasteiger partial charge is 0.247 e. The third-order valence-corrected chi connectivity index (χ3v) is 6.93. The molecular formula is C24H25N5O2S. The van der Waals surface area contributed by atoms with Crippen molar-refractivity contribution in [3.63, 3.8) is 0 Å². The van der Waals surface area contributed by atoms with Gasteiger partial charge in [0, 0.05) is 42.5 Å². The van der Waals surface area contributed by atoms with Gasteiger partial charge in [0.05, 0.1) is 4.90 Å². The summed E-state index contributed by atoms with van der Waals surface area (Å²) in [6, 6.07) is 19.1. The minimum atomic E-state index is -3.23. The molecule has 32 heavy (non-hydrogen) atoms. The molecule has 4 aromatic rings. The molecule has 1 aliphatic heterocycles. The Hall–Kier alpha value is -3.39. The first-order chi connectivity index (χ1) is 15.5. The second-order valence-corrected chi connectivity index (χ2v) is 10.2. The van der Waals surface area contributed by atoms with Crippen LogP contribution in [0.15, 0.2) is 71.8 Å². The number of fused-ring (bicyclic) bond motifs is 1. The highest BCUT2D eigenvalue weighted by molar-refractivity contribution is 7.90. The molecular weight excluding hydrogens is 422 g/mol. The number of aromatic nitrogens is 3. The van der Waals surface area contributed by atoms with Crippen LogP contribution in [0.5, 0.6) is 0 Å². The number of piperidine rings is 1. The molecule has 0 aliphatic carbocycles. The molecule has 0 saturated carbocycles. The van der Waals surface area contributed by atoms with Crippen LogP contribution >= 0.6 is 0 Å². The molecule has 0 bridgehead atoms. The lowest BCUT2D eigenvalue weighted by Crippen LogP contribution is -2.29. The van der Waals surface area contributed by atoms with Gasteiger partial charge in [-0.1, -0.05) is 12.1 Å². The van der Waals surface area contributed by atoms with Crippen molar-refractivity contribution in [2.45, 2.75) is 24.2 Å². The topological polar surface area (TPSA) is 79.6 Å². The van der Waals surface area contributed by atoms with Gasteiger partial charge in [-0.05, 0) is 73.4 Å². The summed E-state index contributed by atoms with van der Waals surface area (Å²) in [5.41, 5.74) is 4.65. The van der Waals surface area contributed by atoms with Crippen molar-refractivity contribution in [3.8, 4) is 11.1 Å². The van der Waals surface area contributed by atoms with Crippen LogP contribution in [0.25, 0.3) is 16.8 Å². The van der Waals surface area contributed by atoms with Gasteiger partial charge in [-0.15, -0.1) is 5.10 Å². The molecule has 1 aliphatic rings. The summed E-state index contributed by atoms with van der Waals surface area (Å²) in [5, 5.41) is 7.84. The Morgan fingerprint density at radius 3 is 2.31 bits per heavy atom. The number of anilines is 3. The molecule has 0 atom stereocenters. The largest absolute Gasteiger partial charge is 0.372 e. The fourth-order valence-electron chi connectivity index (χ4n) is 4.10. The number of rotatable bonds is 5. The molecule has 0 radical (unpaired) electrons. The molecule has 3 heterocycles. The number of pyridine rings is 1. The van der Waals surface area contributed by atoms with Gasteiger partial charge >= 0.3 is 0 Å². The minimum Gasteiger partial charge on any atom is -0.372 e. The number of hydrogen-bond acceptors (Lipinski definition) is 6. The Labute approximate surface area is 187 Å². The summed E-state index contributed by atoms with van der Waals surface area (Å²) < 4.78 is 25.2. The van der Waals surface area contributed by atoms with Gasteiger partial charge in [0.1, 0.15) is 0 Å². The van der Waals surface area contributed by atoms with Gasteiger partial charge in [-0.3, -0.25) is 0 Å². The normalized spacial score (nSPS) is 14.6. The molecule has 8 heteroatoms. The maximum Gasteiger partial charge on any atom is 0.247 e. The molecule has 0 unspecified atom stereocenters. The van der Waals surface area contributed by atoms with E-state index in [9.17, 15) is 8.42 Å². The zero-order valence-electron chi connectivity index (χ0n) is 17.9. The van der Waals surface area contributed by atoms with Crippen LogP contribution < -0.4 is 10.2 Å². The highest BCUT2D eigenvalue weighted by Crippen LogP contribution is 2.27. The number of sulfone groups is 1. The molecule has 2 aromatic carbocycles. The van der Waals surface area contributed by atoms with Gasteiger partial charge in [-0.2, -0.15) is 4.98 Å². The minimum absolute atomic E-state index is 0.296. The first kappa shape index (κ1) is 20.5. The van der Waals surface area contributed by atoms with E-state index in [-0.39, 0.29) is 0 Å². The van der Waals surface area contributed by atoms with Crippen molar-refractivity contribution in [2.24, 2.45) is 0 Å². The van der Waals surface area contributed by atoms with Gasteiger partial charge in [0.2, 0.25) is 5.95 Å². The van der Waals surface area contributed by atoms with Crippen LogP contribution in [0.4, 0.5) is 17.3 Å². The van der Waals surface area contributed by atoms with Gasteiger partial charge in [0.25, 0.3) is 0 Å². The van der Waals surface area contributed by atoms with E-state index >= 15 is 0 Å². The van der Waals surface area contributed by atoms with Gasteiger partial charge in [0.15, 0.2) is 15.5 Å². The number of benzene rings is 2. The summed E-state index contributed by atoms with van der Waals surface area (Å²) in [6.45, 7) is 2.24. The first-order valence-corrected chi connectivity index (χ1v) is 12.6. The average Bonchev–Trinajstić information content (AvgIpc) is 3.22. The molecule has 5 rings (SSSR count). The van der Waals surface area contributed by atoms with Crippen LogP contribution in [0, 0.1) is 0 Å². The summed E-state index contributed by atoms with van der Waals surface area (Å²) in [5.74, 6) is 0.510. The Bertz CT molecular complexity index is 1340. The summed E-state index contributed by atoms with van der Waals surface area (Å²) >= 11 is 0. The number of hydrogen-bond donors (Lipinski definition) is 1. The van der Waals surface area contributed by atoms with Gasteiger partial charge in [-0.25, -0.2) is 12.9 Å². The maximum absolute atomic E-state index is 11.7. The van der Waals surface area contributed by atoms with Crippen LogP contribution in [0.3, 0.4) is 0 Å². The maximum atomic E-state index is 11.7. The standard InChI is InChI=1S/C24H25N5O2S/c1-32(30,31)21-13-7-18(8-14-21)22-6-5-17-29-23(22)26-24(27-29)25-19-9-11-20(12-10-19)28-15-3-2-4-16-28/h5-14,17H,2-4,15-16H2,1H3,(H,25,27). The van der Waals surface area contributed by atoms with E-state index in [2.05, 4.69) is 44.6 Å². The van der Waals surface area contributed by atoms with E-state index in [0.717, 1.165) is 29.9 Å². The fraction of sp³-hybridized carbons (Fsp3) is 0.250. The molecule has 1 fully saturated rings. The van der Waals surface area contributed by atoms with Crippen molar-refractivity contribution < 1.29 is 8.42 Å². The molecule has 2 aromatic heterocycles. The molecule has 0 spiro atoms. The average molecular weight is 448 g/mol. The predicted octanol–water partition coefficient (Wildman–Crippen LogP) is 4.53. The van der Waals surface area contributed by atoms with Gasteiger partial charge < -0.3 is 10.2 Å². The molecule has 164 valence electrons. The van der Waals surface area contributed by atoms with Crippen molar-refractivity contribution >= 4 is 32.8 Å². The zero-order valence-corrected chi connectivity index (χ0v) is 18.7. The van der Waals surface area contributed by atoms with Crippen LogP contribution in [-0.2, 0) is 9.84 Å². The molecule has 1 saturated heterocycles. The fourth-order valence-corrected chi connectivity index (χ4v) is 4.73. The lowest BCUT2D eigenvalue weighted by Gasteiger charge is -2.28. The van der Waals surface area contributed by atoms with E-state index in [0.29, 0.717) is 16.5 Å². The Morgan fingerprint density at radius 1 is 0.906 bits per heavy atom. The molecule has 0 amide bonds. The van der Waals surface area contributed by atoms with Crippen molar-refractivity contribution in [3.05, 3.63) is 66.9 Å². The van der Waals surface area contributed by atoms with E-state index in [4.69, 9.17) is 0 Å². The highest BCUT2D eigenvalue weighted by atomic mass is 32.2. The Balaban J connectivity index is 1.39. The SMILES string of the molecule is CS(=O)(=O)c1ccc(-c2cccn3nc(Nc4ccc(N5CCCCC5)cc4)nc23)cc1. The second kappa shape index (κ2) is 8.27. The van der Waals surface area contributed by atoms with Crippen LogP contribution in [-0.4, -0.2) is 42.4 Å². The van der Waals surface area contributed by atoms with Crippen LogP contribution in [0.1, 0.15) is 19.3 Å². The second-order valence-electron chi connectivity index (χ2n) is 8.14. The van der Waals surface area contributed by atoms with Crippen molar-refractivity contribution in [1.29, 1.82) is 0 Å². The number of nitrogens with one attached hydrogen (secondary N) is 1. The molecule has 7 nitrogen and oxygen atoms in total. The predicted molar refractivity (Wildman–Crippen MR) is 127 cm³/mol. The van der Waals surface area contributed by atoms with Crippen molar-refractivity contribution in [1.82, 2.24) is 14.6 Å². The first-order valence-electron chi connectivity index (χ1n) is 10.8. The lowest BCUT2D eigenvalue weighted by molar-refractivity contribution is 0.578. The zero-order chi connectivity index (χ0) is 22.1. The number of nitrogens with zero attached hydrogens (tertiary/aromatic N) is 4. The third-order valence-electron chi connectivity index (χ3n) is 5.80. The lowest BCUT2D eigenvalue weighted by atomic mass is 10.1. The Morgan fingerprint density at radius 2 is 1.62 bits per heavy atom. The van der Waals surface area contributed by atoms with Crippen LogP contribution in [0.2, 0.25) is 0 Å². The van der Waals surface area contributed by atoms with E-state index in [1.54, 1.807) is 28.8 Å². The quantitative estimate of drug-likeness (QED) is 0.484. The van der Waals surface area contributed by atoms with Crippen molar-refractivity contribution in [2.75, 3.05) is 29.6 Å². The highest BCUT2D eigenvalue weighted by Gasteiger charge is 2.13. The van der Waals surface area contributed by atoms with E-state index in [1.165, 1.54) is 31.2 Å². The Kier molecular flexibility index (Phi) is 5.30. The van der Waals surface area contributed by atoms with E-state index in [1.807, 2.05) is 18.3 Å². The summed E-state index contributed by atoms with van der Waals surface area (Å²) in [6.07, 6.45) is 6.88. The molecule has 1 N–H and O–H groups in total. The monoisotopic (exact) mass is 447 g/mol. The summed E-state index contributed by atoms with van der Waals surface area (Å²) in [7, 11) is -3.23. The third kappa shape index (κ3) is 4.18. The van der Waals surface area contributed by atoms with E-state index < -0.39 is 9.84 Å².